The van der Waals surface area contributed by atoms with Crippen LogP contribution in [0.2, 0.25) is 0 Å². The first-order valence-corrected chi connectivity index (χ1v) is 10.5. The Morgan fingerprint density at radius 3 is 2.82 bits per heavy atom. The van der Waals surface area contributed by atoms with Crippen molar-refractivity contribution in [1.29, 1.82) is 0 Å². The summed E-state index contributed by atoms with van der Waals surface area (Å²) in [5.41, 5.74) is 3.94. The standard InChI is InChI=1S/C21H26N4O2S/c1-4-25-20(18-8-6-12-27-18)23-24-21(25)28-14-19(26)22-11-5-7-17-10-9-15(2)13-16(17)3/h6,8-10,12-13H,4-5,7,11,14H2,1-3H3,(H,22,26). The van der Waals surface area contributed by atoms with Crippen LogP contribution in [0.15, 0.2) is 46.2 Å². The predicted octanol–water partition coefficient (Wildman–Crippen LogP) is 4.02. The average Bonchev–Trinajstić information content (AvgIpc) is 3.33. The van der Waals surface area contributed by atoms with Crippen molar-refractivity contribution >= 4 is 17.7 Å². The van der Waals surface area contributed by atoms with Gasteiger partial charge in [-0.25, -0.2) is 0 Å². The third-order valence-electron chi connectivity index (χ3n) is 4.55. The number of hydrogen-bond donors (Lipinski definition) is 1. The van der Waals surface area contributed by atoms with Crippen LogP contribution < -0.4 is 5.32 Å². The molecule has 3 rings (SSSR count). The van der Waals surface area contributed by atoms with Gasteiger partial charge in [0.1, 0.15) is 0 Å². The molecule has 0 atom stereocenters. The van der Waals surface area contributed by atoms with E-state index in [9.17, 15) is 4.79 Å². The Balaban J connectivity index is 1.44. The van der Waals surface area contributed by atoms with Crippen LogP contribution in [0.5, 0.6) is 0 Å². The molecule has 1 amide bonds. The zero-order valence-corrected chi connectivity index (χ0v) is 17.4. The Hall–Kier alpha value is -2.54. The van der Waals surface area contributed by atoms with Crippen LogP contribution in [0.1, 0.15) is 30.0 Å². The molecule has 2 heterocycles. The summed E-state index contributed by atoms with van der Waals surface area (Å²) in [6.45, 7) is 7.64. The molecule has 0 bridgehead atoms. The number of benzene rings is 1. The third kappa shape index (κ3) is 5.04. The molecule has 0 saturated carbocycles. The van der Waals surface area contributed by atoms with Gasteiger partial charge in [-0.15, -0.1) is 10.2 Å². The van der Waals surface area contributed by atoms with Crippen molar-refractivity contribution in [3.8, 4) is 11.6 Å². The molecule has 6 nitrogen and oxygen atoms in total. The van der Waals surface area contributed by atoms with Gasteiger partial charge >= 0.3 is 0 Å². The number of amides is 1. The molecule has 3 aromatic rings. The third-order valence-corrected chi connectivity index (χ3v) is 5.52. The SMILES string of the molecule is CCn1c(SCC(=O)NCCCc2ccc(C)cc2C)nnc1-c1ccco1. The van der Waals surface area contributed by atoms with Crippen molar-refractivity contribution in [3.05, 3.63) is 53.3 Å². The van der Waals surface area contributed by atoms with Crippen molar-refractivity contribution in [1.82, 2.24) is 20.1 Å². The number of nitrogens with zero attached hydrogens (tertiary/aromatic N) is 3. The van der Waals surface area contributed by atoms with Crippen LogP contribution >= 0.6 is 11.8 Å². The van der Waals surface area contributed by atoms with E-state index in [-0.39, 0.29) is 5.91 Å². The van der Waals surface area contributed by atoms with Gasteiger partial charge in [-0.05, 0) is 56.9 Å². The van der Waals surface area contributed by atoms with Gasteiger partial charge in [0, 0.05) is 13.1 Å². The lowest BCUT2D eigenvalue weighted by Gasteiger charge is -2.08. The average molecular weight is 399 g/mol. The summed E-state index contributed by atoms with van der Waals surface area (Å²) in [5.74, 6) is 1.69. The van der Waals surface area contributed by atoms with Crippen LogP contribution in [0, 0.1) is 13.8 Å². The molecule has 0 saturated heterocycles. The van der Waals surface area contributed by atoms with Crippen LogP contribution in [0.4, 0.5) is 0 Å². The maximum Gasteiger partial charge on any atom is 0.230 e. The highest BCUT2D eigenvalue weighted by Gasteiger charge is 2.16. The molecule has 1 N–H and O–H groups in total. The van der Waals surface area contributed by atoms with Crippen molar-refractivity contribution in [2.45, 2.75) is 45.3 Å². The van der Waals surface area contributed by atoms with Gasteiger partial charge in [-0.3, -0.25) is 9.36 Å². The maximum absolute atomic E-state index is 12.2. The van der Waals surface area contributed by atoms with Crippen molar-refractivity contribution in [2.75, 3.05) is 12.3 Å². The number of thioether (sulfide) groups is 1. The number of aromatic nitrogens is 3. The molecule has 0 unspecified atom stereocenters. The monoisotopic (exact) mass is 398 g/mol. The second-order valence-corrected chi connectivity index (χ2v) is 7.64. The van der Waals surface area contributed by atoms with E-state index in [1.54, 1.807) is 6.26 Å². The number of carbonyl (C=O) groups is 1. The maximum atomic E-state index is 12.2. The summed E-state index contributed by atoms with van der Waals surface area (Å²) in [4.78, 5) is 12.2. The number of nitrogens with one attached hydrogen (secondary N) is 1. The largest absolute Gasteiger partial charge is 0.461 e. The molecule has 0 radical (unpaired) electrons. The Morgan fingerprint density at radius 2 is 2.11 bits per heavy atom. The Labute approximate surface area is 169 Å². The molecule has 148 valence electrons. The van der Waals surface area contributed by atoms with Crippen LogP contribution in [0.3, 0.4) is 0 Å². The number of hydrogen-bond acceptors (Lipinski definition) is 5. The van der Waals surface area contributed by atoms with E-state index in [0.29, 0.717) is 30.4 Å². The fraction of sp³-hybridized carbons (Fsp3) is 0.381. The van der Waals surface area contributed by atoms with E-state index in [1.165, 1.54) is 28.5 Å². The van der Waals surface area contributed by atoms with Crippen molar-refractivity contribution in [2.24, 2.45) is 0 Å². The predicted molar refractivity (Wildman–Crippen MR) is 111 cm³/mol. The first kappa shape index (κ1) is 20.2. The summed E-state index contributed by atoms with van der Waals surface area (Å²) >= 11 is 1.39. The first-order chi connectivity index (χ1) is 13.6. The van der Waals surface area contributed by atoms with Gasteiger partial charge in [-0.2, -0.15) is 0 Å². The molecule has 1 aromatic carbocycles. The van der Waals surface area contributed by atoms with Gasteiger partial charge in [0.2, 0.25) is 5.91 Å². The highest BCUT2D eigenvalue weighted by molar-refractivity contribution is 7.99. The van der Waals surface area contributed by atoms with E-state index < -0.39 is 0 Å². The van der Waals surface area contributed by atoms with Crippen LogP contribution in [0.25, 0.3) is 11.6 Å². The molecule has 0 spiro atoms. The lowest BCUT2D eigenvalue weighted by Crippen LogP contribution is -2.26. The molecule has 7 heteroatoms. The topological polar surface area (TPSA) is 73.0 Å². The fourth-order valence-electron chi connectivity index (χ4n) is 3.08. The van der Waals surface area contributed by atoms with E-state index >= 15 is 0 Å². The highest BCUT2D eigenvalue weighted by Crippen LogP contribution is 2.24. The van der Waals surface area contributed by atoms with Crippen LogP contribution in [-0.2, 0) is 17.8 Å². The molecule has 0 aliphatic heterocycles. The number of furan rings is 1. The first-order valence-electron chi connectivity index (χ1n) is 9.51. The Morgan fingerprint density at radius 1 is 1.25 bits per heavy atom. The Kier molecular flexibility index (Phi) is 6.92. The summed E-state index contributed by atoms with van der Waals surface area (Å²) in [6.07, 6.45) is 3.51. The van der Waals surface area contributed by atoms with Gasteiger partial charge in [0.15, 0.2) is 16.7 Å². The minimum Gasteiger partial charge on any atom is -0.461 e. The van der Waals surface area contributed by atoms with Crippen LogP contribution in [-0.4, -0.2) is 33.0 Å². The summed E-state index contributed by atoms with van der Waals surface area (Å²) in [5, 5.41) is 12.1. The van der Waals surface area contributed by atoms with E-state index in [4.69, 9.17) is 4.42 Å². The lowest BCUT2D eigenvalue weighted by atomic mass is 10.0. The normalized spacial score (nSPS) is 11.0. The van der Waals surface area contributed by atoms with Crippen molar-refractivity contribution in [3.63, 3.8) is 0 Å². The molecular formula is C21H26N4O2S. The molecule has 0 aliphatic carbocycles. The van der Waals surface area contributed by atoms with E-state index in [1.807, 2.05) is 23.6 Å². The number of rotatable bonds is 9. The minimum atomic E-state index is 0.0100. The molecule has 0 aliphatic rings. The summed E-state index contributed by atoms with van der Waals surface area (Å²) in [7, 11) is 0. The van der Waals surface area contributed by atoms with Gasteiger partial charge in [0.25, 0.3) is 0 Å². The second kappa shape index (κ2) is 9.59. The zero-order chi connectivity index (χ0) is 19.9. The second-order valence-electron chi connectivity index (χ2n) is 6.70. The number of aryl methyl sites for hydroxylation is 3. The summed E-state index contributed by atoms with van der Waals surface area (Å²) < 4.78 is 7.36. The van der Waals surface area contributed by atoms with Crippen molar-refractivity contribution < 1.29 is 9.21 Å². The van der Waals surface area contributed by atoms with E-state index in [0.717, 1.165) is 18.0 Å². The molecule has 28 heavy (non-hydrogen) atoms. The fourth-order valence-corrected chi connectivity index (χ4v) is 3.91. The molecule has 2 aromatic heterocycles. The van der Waals surface area contributed by atoms with Gasteiger partial charge in [0.05, 0.1) is 12.0 Å². The Bertz CT molecular complexity index is 919. The number of carbonyl (C=O) groups excluding carboxylic acids is 1. The smallest absolute Gasteiger partial charge is 0.230 e. The zero-order valence-electron chi connectivity index (χ0n) is 16.6. The summed E-state index contributed by atoms with van der Waals surface area (Å²) in [6, 6.07) is 10.2. The van der Waals surface area contributed by atoms with E-state index in [2.05, 4.69) is 47.6 Å². The molecule has 0 fully saturated rings. The van der Waals surface area contributed by atoms with Gasteiger partial charge < -0.3 is 9.73 Å². The minimum absolute atomic E-state index is 0.0100. The lowest BCUT2D eigenvalue weighted by molar-refractivity contribution is -0.118. The highest BCUT2D eigenvalue weighted by atomic mass is 32.2. The quantitative estimate of drug-likeness (QED) is 0.435. The molecular weight excluding hydrogens is 372 g/mol. The van der Waals surface area contributed by atoms with Gasteiger partial charge in [-0.1, -0.05) is 35.5 Å².